The average molecular weight is 376 g/mol. The van der Waals surface area contributed by atoms with E-state index in [1.54, 1.807) is 36.1 Å². The Labute approximate surface area is 158 Å². The molecule has 1 aliphatic rings. The number of amides is 2. The van der Waals surface area contributed by atoms with Gasteiger partial charge in [-0.05, 0) is 44.0 Å². The van der Waals surface area contributed by atoms with E-state index in [0.29, 0.717) is 37.2 Å². The van der Waals surface area contributed by atoms with Crippen LogP contribution in [0.1, 0.15) is 30.1 Å². The van der Waals surface area contributed by atoms with Gasteiger partial charge < -0.3 is 24.4 Å². The first-order valence-electron chi connectivity index (χ1n) is 8.81. The number of hydrogen-bond donors (Lipinski definition) is 1. The molecule has 8 heteroatoms. The van der Waals surface area contributed by atoms with Crippen molar-refractivity contribution in [1.82, 2.24) is 10.2 Å². The van der Waals surface area contributed by atoms with Crippen molar-refractivity contribution in [3.8, 4) is 5.75 Å². The third-order valence-corrected chi connectivity index (χ3v) is 4.00. The molecule has 0 unspecified atom stereocenters. The molecule has 1 N–H and O–H groups in total. The summed E-state index contributed by atoms with van der Waals surface area (Å²) < 4.78 is 14.6. The van der Waals surface area contributed by atoms with E-state index in [-0.39, 0.29) is 25.2 Å². The van der Waals surface area contributed by atoms with Crippen LogP contribution in [0.3, 0.4) is 0 Å². The standard InChI is InChI=1S/C19H24N2O6/c1-3-13-26-18(23)20-15-9-11-21(12-10-15)17(22)14-5-7-16(8-6-14)27-19(24)25-4-2/h3,5-8,15H,1,4,9-13H2,2H3,(H,20,23). The van der Waals surface area contributed by atoms with Crippen LogP contribution in [0.2, 0.25) is 0 Å². The number of nitrogens with zero attached hydrogens (tertiary/aromatic N) is 1. The lowest BCUT2D eigenvalue weighted by molar-refractivity contribution is 0.0703. The van der Waals surface area contributed by atoms with Crippen molar-refractivity contribution in [2.24, 2.45) is 0 Å². The maximum Gasteiger partial charge on any atom is 0.513 e. The molecule has 27 heavy (non-hydrogen) atoms. The molecular weight excluding hydrogens is 352 g/mol. The topological polar surface area (TPSA) is 94.2 Å². The van der Waals surface area contributed by atoms with Gasteiger partial charge in [0.15, 0.2) is 0 Å². The Kier molecular flexibility index (Phi) is 7.66. The van der Waals surface area contributed by atoms with Gasteiger partial charge in [0, 0.05) is 24.7 Å². The lowest BCUT2D eigenvalue weighted by Gasteiger charge is -2.32. The molecule has 0 radical (unpaired) electrons. The van der Waals surface area contributed by atoms with Crippen LogP contribution in [0, 0.1) is 0 Å². The molecule has 0 atom stereocenters. The molecule has 2 rings (SSSR count). The molecule has 1 aromatic carbocycles. The van der Waals surface area contributed by atoms with Crippen LogP contribution in [0.5, 0.6) is 5.75 Å². The molecule has 1 aromatic rings. The highest BCUT2D eigenvalue weighted by molar-refractivity contribution is 5.94. The number of ether oxygens (including phenoxy) is 3. The smallest absolute Gasteiger partial charge is 0.445 e. The zero-order chi connectivity index (χ0) is 19.6. The van der Waals surface area contributed by atoms with Crippen LogP contribution in [0.25, 0.3) is 0 Å². The van der Waals surface area contributed by atoms with E-state index < -0.39 is 12.2 Å². The van der Waals surface area contributed by atoms with Crippen molar-refractivity contribution in [2.75, 3.05) is 26.3 Å². The number of carbonyl (C=O) groups excluding carboxylic acids is 3. The van der Waals surface area contributed by atoms with E-state index in [1.807, 2.05) is 0 Å². The van der Waals surface area contributed by atoms with Crippen LogP contribution >= 0.6 is 0 Å². The van der Waals surface area contributed by atoms with Crippen molar-refractivity contribution in [1.29, 1.82) is 0 Å². The summed E-state index contributed by atoms with van der Waals surface area (Å²) >= 11 is 0. The van der Waals surface area contributed by atoms with E-state index >= 15 is 0 Å². The predicted molar refractivity (Wildman–Crippen MR) is 97.7 cm³/mol. The van der Waals surface area contributed by atoms with Gasteiger partial charge in [-0.1, -0.05) is 12.7 Å². The quantitative estimate of drug-likeness (QED) is 0.466. The largest absolute Gasteiger partial charge is 0.513 e. The molecule has 8 nitrogen and oxygen atoms in total. The highest BCUT2D eigenvalue weighted by Gasteiger charge is 2.25. The van der Waals surface area contributed by atoms with Gasteiger partial charge in [-0.3, -0.25) is 4.79 Å². The van der Waals surface area contributed by atoms with Gasteiger partial charge in [0.05, 0.1) is 6.61 Å². The highest BCUT2D eigenvalue weighted by atomic mass is 16.7. The second-order valence-corrected chi connectivity index (χ2v) is 5.91. The van der Waals surface area contributed by atoms with E-state index in [2.05, 4.69) is 11.9 Å². The Bertz CT molecular complexity index is 665. The lowest BCUT2D eigenvalue weighted by atomic mass is 10.0. The summed E-state index contributed by atoms with van der Waals surface area (Å²) in [5.41, 5.74) is 0.503. The summed E-state index contributed by atoms with van der Waals surface area (Å²) in [5, 5.41) is 2.78. The Hall–Kier alpha value is -3.03. The van der Waals surface area contributed by atoms with E-state index in [0.717, 1.165) is 0 Å². The van der Waals surface area contributed by atoms with E-state index in [9.17, 15) is 14.4 Å². The first-order chi connectivity index (χ1) is 13.0. The fraction of sp³-hybridized carbons (Fsp3) is 0.421. The van der Waals surface area contributed by atoms with Gasteiger partial charge in [-0.2, -0.15) is 0 Å². The van der Waals surface area contributed by atoms with Crippen LogP contribution < -0.4 is 10.1 Å². The summed E-state index contributed by atoms with van der Waals surface area (Å²) in [6, 6.07) is 6.29. The van der Waals surface area contributed by atoms with E-state index in [1.165, 1.54) is 6.08 Å². The van der Waals surface area contributed by atoms with E-state index in [4.69, 9.17) is 14.2 Å². The molecule has 2 amide bonds. The number of nitrogens with one attached hydrogen (secondary N) is 1. The molecule has 146 valence electrons. The van der Waals surface area contributed by atoms with Crippen LogP contribution in [0.15, 0.2) is 36.9 Å². The lowest BCUT2D eigenvalue weighted by Crippen LogP contribution is -2.46. The zero-order valence-electron chi connectivity index (χ0n) is 15.3. The third-order valence-electron chi connectivity index (χ3n) is 4.00. The van der Waals surface area contributed by atoms with Gasteiger partial charge in [-0.15, -0.1) is 0 Å². The Balaban J connectivity index is 1.82. The number of benzene rings is 1. The Morgan fingerprint density at radius 2 is 1.85 bits per heavy atom. The monoisotopic (exact) mass is 376 g/mol. The van der Waals surface area contributed by atoms with Gasteiger partial charge >= 0.3 is 12.2 Å². The molecule has 0 aromatic heterocycles. The summed E-state index contributed by atoms with van der Waals surface area (Å²) in [6.45, 7) is 6.63. The van der Waals surface area contributed by atoms with Crippen molar-refractivity contribution in [2.45, 2.75) is 25.8 Å². The average Bonchev–Trinajstić information content (AvgIpc) is 2.67. The zero-order valence-corrected chi connectivity index (χ0v) is 15.3. The molecule has 0 spiro atoms. The summed E-state index contributed by atoms with van der Waals surface area (Å²) in [7, 11) is 0. The molecule has 1 aliphatic heterocycles. The minimum absolute atomic E-state index is 0.0216. The molecule has 0 aliphatic carbocycles. The maximum absolute atomic E-state index is 12.6. The van der Waals surface area contributed by atoms with Crippen molar-refractivity contribution >= 4 is 18.2 Å². The summed E-state index contributed by atoms with van der Waals surface area (Å²) in [6.07, 6.45) is 1.55. The number of alkyl carbamates (subject to hydrolysis) is 1. The Morgan fingerprint density at radius 1 is 1.19 bits per heavy atom. The minimum atomic E-state index is -0.780. The van der Waals surface area contributed by atoms with Crippen molar-refractivity contribution in [3.63, 3.8) is 0 Å². The van der Waals surface area contributed by atoms with Crippen LogP contribution in [-0.4, -0.2) is 55.4 Å². The maximum atomic E-state index is 12.6. The second kappa shape index (κ2) is 10.2. The van der Waals surface area contributed by atoms with Crippen molar-refractivity contribution < 1.29 is 28.6 Å². The van der Waals surface area contributed by atoms with Crippen LogP contribution in [-0.2, 0) is 9.47 Å². The first kappa shape index (κ1) is 20.3. The van der Waals surface area contributed by atoms with Gasteiger partial charge in [0.25, 0.3) is 5.91 Å². The number of rotatable bonds is 6. The SMILES string of the molecule is C=CCOC(=O)NC1CCN(C(=O)c2ccc(OC(=O)OCC)cc2)CC1. The third kappa shape index (κ3) is 6.32. The highest BCUT2D eigenvalue weighted by Crippen LogP contribution is 2.17. The molecule has 1 fully saturated rings. The predicted octanol–water partition coefficient (Wildman–Crippen LogP) is 2.74. The number of carbonyl (C=O) groups is 3. The summed E-state index contributed by atoms with van der Waals surface area (Å²) in [5.74, 6) is 0.205. The summed E-state index contributed by atoms with van der Waals surface area (Å²) in [4.78, 5) is 37.1. The number of likely N-dealkylation sites (tertiary alicyclic amines) is 1. The number of piperidine rings is 1. The molecular formula is C19H24N2O6. The minimum Gasteiger partial charge on any atom is -0.445 e. The number of hydrogen-bond acceptors (Lipinski definition) is 6. The fourth-order valence-electron chi connectivity index (χ4n) is 2.66. The second-order valence-electron chi connectivity index (χ2n) is 5.91. The normalized spacial score (nSPS) is 14.2. The van der Waals surface area contributed by atoms with Gasteiger partial charge in [0.1, 0.15) is 12.4 Å². The Morgan fingerprint density at radius 3 is 2.44 bits per heavy atom. The first-order valence-corrected chi connectivity index (χ1v) is 8.81. The molecule has 0 saturated carbocycles. The molecule has 0 bridgehead atoms. The fourth-order valence-corrected chi connectivity index (χ4v) is 2.66. The van der Waals surface area contributed by atoms with Gasteiger partial charge in [-0.25, -0.2) is 9.59 Å². The molecule has 1 heterocycles. The van der Waals surface area contributed by atoms with Gasteiger partial charge in [0.2, 0.25) is 0 Å². The van der Waals surface area contributed by atoms with Crippen molar-refractivity contribution in [3.05, 3.63) is 42.5 Å². The van der Waals surface area contributed by atoms with Crippen LogP contribution in [0.4, 0.5) is 9.59 Å². The molecule has 1 saturated heterocycles.